The molecule has 6 heteroatoms. The van der Waals surface area contributed by atoms with E-state index in [9.17, 15) is 9.90 Å². The number of nitrogens with one attached hydrogen (secondary N) is 1. The SMILES string of the molecule is COc1cccc(C(NCc2nc(C)c(C)s2)C(=O)O)c1. The van der Waals surface area contributed by atoms with Gasteiger partial charge in [-0.2, -0.15) is 0 Å². The highest BCUT2D eigenvalue weighted by Crippen LogP contribution is 2.21. The number of carboxylic acids is 1. The maximum absolute atomic E-state index is 11.5. The number of aryl methyl sites for hydroxylation is 2. The Bertz CT molecular complexity index is 620. The second-order valence-corrected chi connectivity index (χ2v) is 5.97. The van der Waals surface area contributed by atoms with Gasteiger partial charge in [0.05, 0.1) is 12.8 Å². The number of hydrogen-bond donors (Lipinski definition) is 2. The van der Waals surface area contributed by atoms with E-state index in [0.717, 1.165) is 15.6 Å². The molecule has 0 saturated heterocycles. The first-order valence-corrected chi connectivity index (χ1v) is 7.36. The number of methoxy groups -OCH3 is 1. The van der Waals surface area contributed by atoms with Gasteiger partial charge >= 0.3 is 5.97 Å². The quantitative estimate of drug-likeness (QED) is 0.858. The zero-order valence-corrected chi connectivity index (χ0v) is 13.0. The van der Waals surface area contributed by atoms with Crippen LogP contribution in [0.1, 0.15) is 27.2 Å². The van der Waals surface area contributed by atoms with Crippen LogP contribution in [0.4, 0.5) is 0 Å². The lowest BCUT2D eigenvalue weighted by Gasteiger charge is -2.14. The summed E-state index contributed by atoms with van der Waals surface area (Å²) >= 11 is 1.58. The maximum atomic E-state index is 11.5. The topological polar surface area (TPSA) is 71.5 Å². The number of benzene rings is 1. The molecule has 5 nitrogen and oxygen atoms in total. The summed E-state index contributed by atoms with van der Waals surface area (Å²) in [6.45, 7) is 4.38. The van der Waals surface area contributed by atoms with Crippen LogP contribution in [0.5, 0.6) is 5.75 Å². The number of aromatic nitrogens is 1. The Morgan fingerprint density at radius 1 is 1.48 bits per heavy atom. The highest BCUT2D eigenvalue weighted by Gasteiger charge is 2.20. The number of aliphatic carboxylic acids is 1. The maximum Gasteiger partial charge on any atom is 0.325 e. The molecule has 0 amide bonds. The van der Waals surface area contributed by atoms with Gasteiger partial charge in [-0.15, -0.1) is 11.3 Å². The Labute approximate surface area is 127 Å². The predicted octanol–water partition coefficient (Wildman–Crippen LogP) is 2.68. The van der Waals surface area contributed by atoms with E-state index < -0.39 is 12.0 Å². The van der Waals surface area contributed by atoms with Crippen LogP contribution in [-0.2, 0) is 11.3 Å². The summed E-state index contributed by atoms with van der Waals surface area (Å²) in [6.07, 6.45) is 0. The molecule has 2 aromatic rings. The monoisotopic (exact) mass is 306 g/mol. The summed E-state index contributed by atoms with van der Waals surface area (Å²) in [5.74, 6) is -0.283. The summed E-state index contributed by atoms with van der Waals surface area (Å²) in [5.41, 5.74) is 1.65. The van der Waals surface area contributed by atoms with Gasteiger partial charge in [0, 0.05) is 11.4 Å². The number of carboxylic acid groups (broad SMARTS) is 1. The molecule has 0 aliphatic heterocycles. The van der Waals surface area contributed by atoms with Crippen LogP contribution in [0.15, 0.2) is 24.3 Å². The highest BCUT2D eigenvalue weighted by molar-refractivity contribution is 7.11. The van der Waals surface area contributed by atoms with Crippen molar-refractivity contribution in [2.24, 2.45) is 0 Å². The molecular formula is C15H18N2O3S. The van der Waals surface area contributed by atoms with E-state index in [1.807, 2.05) is 13.8 Å². The van der Waals surface area contributed by atoms with E-state index in [-0.39, 0.29) is 0 Å². The Morgan fingerprint density at radius 2 is 2.24 bits per heavy atom. The van der Waals surface area contributed by atoms with Crippen molar-refractivity contribution in [3.05, 3.63) is 45.4 Å². The second-order valence-electron chi connectivity index (χ2n) is 4.68. The molecule has 0 saturated carbocycles. The molecule has 1 aromatic carbocycles. The van der Waals surface area contributed by atoms with Crippen LogP contribution in [0.25, 0.3) is 0 Å². The lowest BCUT2D eigenvalue weighted by Crippen LogP contribution is -2.28. The summed E-state index contributed by atoms with van der Waals surface area (Å²) in [4.78, 5) is 17.0. The first-order chi connectivity index (χ1) is 10.0. The van der Waals surface area contributed by atoms with Gasteiger partial charge in [-0.05, 0) is 31.5 Å². The first kappa shape index (κ1) is 15.5. The predicted molar refractivity (Wildman–Crippen MR) is 81.8 cm³/mol. The normalized spacial score (nSPS) is 12.1. The zero-order chi connectivity index (χ0) is 15.4. The van der Waals surface area contributed by atoms with E-state index >= 15 is 0 Å². The average molecular weight is 306 g/mol. The van der Waals surface area contributed by atoms with E-state index in [0.29, 0.717) is 17.9 Å². The zero-order valence-electron chi connectivity index (χ0n) is 12.2. The van der Waals surface area contributed by atoms with E-state index in [1.54, 1.807) is 42.7 Å². The smallest absolute Gasteiger partial charge is 0.325 e. The highest BCUT2D eigenvalue weighted by atomic mass is 32.1. The molecule has 21 heavy (non-hydrogen) atoms. The minimum atomic E-state index is -0.923. The Balaban J connectivity index is 2.13. The van der Waals surface area contributed by atoms with Crippen molar-refractivity contribution in [3.8, 4) is 5.75 Å². The average Bonchev–Trinajstić information content (AvgIpc) is 2.78. The fourth-order valence-electron chi connectivity index (χ4n) is 1.97. The van der Waals surface area contributed by atoms with Crippen LogP contribution < -0.4 is 10.1 Å². The van der Waals surface area contributed by atoms with Gasteiger partial charge in [0.1, 0.15) is 16.8 Å². The molecule has 2 rings (SSSR count). The van der Waals surface area contributed by atoms with E-state index in [2.05, 4.69) is 10.3 Å². The second kappa shape index (κ2) is 6.69. The molecule has 2 N–H and O–H groups in total. The molecule has 0 fully saturated rings. The number of ether oxygens (including phenoxy) is 1. The number of thiazole rings is 1. The van der Waals surface area contributed by atoms with Crippen molar-refractivity contribution in [1.82, 2.24) is 10.3 Å². The van der Waals surface area contributed by atoms with Crippen LogP contribution in [0, 0.1) is 13.8 Å². The number of hydrogen-bond acceptors (Lipinski definition) is 5. The van der Waals surface area contributed by atoms with Crippen LogP contribution in [-0.4, -0.2) is 23.2 Å². The summed E-state index contributed by atoms with van der Waals surface area (Å²) < 4.78 is 5.14. The summed E-state index contributed by atoms with van der Waals surface area (Å²) in [5, 5.41) is 13.3. The molecule has 0 radical (unpaired) electrons. The van der Waals surface area contributed by atoms with Gasteiger partial charge in [0.25, 0.3) is 0 Å². The van der Waals surface area contributed by atoms with Gasteiger partial charge in [0.2, 0.25) is 0 Å². The number of rotatable bonds is 6. The molecule has 0 aliphatic carbocycles. The lowest BCUT2D eigenvalue weighted by atomic mass is 10.1. The molecule has 0 aliphatic rings. The van der Waals surface area contributed by atoms with Crippen LogP contribution >= 0.6 is 11.3 Å². The molecule has 0 bridgehead atoms. The summed E-state index contributed by atoms with van der Waals surface area (Å²) in [6, 6.07) is 6.28. The van der Waals surface area contributed by atoms with Crippen LogP contribution in [0.3, 0.4) is 0 Å². The van der Waals surface area contributed by atoms with Crippen molar-refractivity contribution >= 4 is 17.3 Å². The minimum Gasteiger partial charge on any atom is -0.497 e. The van der Waals surface area contributed by atoms with Crippen molar-refractivity contribution < 1.29 is 14.6 Å². The third kappa shape index (κ3) is 3.80. The molecule has 1 heterocycles. The Kier molecular flexibility index (Phi) is 4.93. The fourth-order valence-corrected chi connectivity index (χ4v) is 2.86. The standard InChI is InChI=1S/C15H18N2O3S/c1-9-10(2)21-13(17-9)8-16-14(15(18)19)11-5-4-6-12(7-11)20-3/h4-7,14,16H,8H2,1-3H3,(H,18,19). The van der Waals surface area contributed by atoms with Gasteiger partial charge in [0.15, 0.2) is 0 Å². The van der Waals surface area contributed by atoms with Gasteiger partial charge in [-0.25, -0.2) is 4.98 Å². The van der Waals surface area contributed by atoms with Crippen molar-refractivity contribution in [3.63, 3.8) is 0 Å². The number of carbonyl (C=O) groups is 1. The molecule has 0 spiro atoms. The Hall–Kier alpha value is -1.92. The third-order valence-corrected chi connectivity index (χ3v) is 4.28. The Morgan fingerprint density at radius 3 is 2.81 bits per heavy atom. The van der Waals surface area contributed by atoms with Gasteiger partial charge < -0.3 is 9.84 Å². The minimum absolute atomic E-state index is 0.424. The van der Waals surface area contributed by atoms with Crippen molar-refractivity contribution in [1.29, 1.82) is 0 Å². The number of nitrogens with zero attached hydrogens (tertiary/aromatic N) is 1. The molecule has 112 valence electrons. The van der Waals surface area contributed by atoms with Crippen molar-refractivity contribution in [2.45, 2.75) is 26.4 Å². The van der Waals surface area contributed by atoms with Gasteiger partial charge in [-0.1, -0.05) is 12.1 Å². The summed E-state index contributed by atoms with van der Waals surface area (Å²) in [7, 11) is 1.56. The van der Waals surface area contributed by atoms with Gasteiger partial charge in [-0.3, -0.25) is 10.1 Å². The first-order valence-electron chi connectivity index (χ1n) is 6.54. The van der Waals surface area contributed by atoms with Crippen LogP contribution in [0.2, 0.25) is 0 Å². The van der Waals surface area contributed by atoms with Crippen molar-refractivity contribution in [2.75, 3.05) is 7.11 Å². The molecule has 1 aromatic heterocycles. The molecule has 1 unspecified atom stereocenters. The van der Waals surface area contributed by atoms with E-state index in [1.165, 1.54) is 0 Å². The lowest BCUT2D eigenvalue weighted by molar-refractivity contribution is -0.139. The fraction of sp³-hybridized carbons (Fsp3) is 0.333. The largest absolute Gasteiger partial charge is 0.497 e. The molecule has 1 atom stereocenters. The molecular weight excluding hydrogens is 288 g/mol. The third-order valence-electron chi connectivity index (χ3n) is 3.20. The van der Waals surface area contributed by atoms with E-state index in [4.69, 9.17) is 4.74 Å².